The van der Waals surface area contributed by atoms with Crippen LogP contribution in [0.3, 0.4) is 0 Å². The Morgan fingerprint density at radius 3 is 2.71 bits per heavy atom. The summed E-state index contributed by atoms with van der Waals surface area (Å²) < 4.78 is 5.04. The van der Waals surface area contributed by atoms with E-state index < -0.39 is 11.5 Å². The van der Waals surface area contributed by atoms with Gasteiger partial charge >= 0.3 is 5.97 Å². The second-order valence-corrected chi connectivity index (χ2v) is 5.08. The number of hydrogen-bond donors (Lipinski definition) is 2. The van der Waals surface area contributed by atoms with Crippen molar-refractivity contribution in [3.8, 4) is 0 Å². The molecule has 1 atom stereocenters. The molecule has 1 rings (SSSR count). The molecule has 1 unspecified atom stereocenters. The van der Waals surface area contributed by atoms with Crippen molar-refractivity contribution in [3.05, 3.63) is 0 Å². The Morgan fingerprint density at radius 2 is 2.36 bits per heavy atom. The Hall–Kier alpha value is -0.260. The van der Waals surface area contributed by atoms with Gasteiger partial charge in [-0.15, -0.1) is 0 Å². The third-order valence-corrected chi connectivity index (χ3v) is 3.77. The van der Waals surface area contributed by atoms with E-state index in [-0.39, 0.29) is 0 Å². The van der Waals surface area contributed by atoms with Gasteiger partial charge in [-0.1, -0.05) is 0 Å². The number of nitrogens with one attached hydrogen (secondary N) is 1. The number of rotatable bonds is 6. The van der Waals surface area contributed by atoms with Crippen molar-refractivity contribution >= 4 is 17.7 Å². The van der Waals surface area contributed by atoms with Gasteiger partial charge < -0.3 is 15.2 Å². The molecule has 0 bridgehead atoms. The summed E-state index contributed by atoms with van der Waals surface area (Å²) in [5.41, 5.74) is -0.794. The maximum atomic E-state index is 10.9. The average Bonchev–Trinajstić information content (AvgIpc) is 2.08. The van der Waals surface area contributed by atoms with Gasteiger partial charge in [0.15, 0.2) is 0 Å². The Morgan fingerprint density at radius 1 is 1.71 bits per heavy atom. The molecule has 1 fully saturated rings. The molecule has 0 radical (unpaired) electrons. The minimum atomic E-state index is -0.794. The monoisotopic (exact) mass is 219 g/mol. The number of thioether (sulfide) groups is 1. The molecule has 14 heavy (non-hydrogen) atoms. The van der Waals surface area contributed by atoms with Crippen LogP contribution in [0.25, 0.3) is 0 Å². The van der Waals surface area contributed by atoms with E-state index in [1.165, 1.54) is 0 Å². The maximum Gasteiger partial charge on any atom is 0.323 e. The summed E-state index contributed by atoms with van der Waals surface area (Å²) >= 11 is 1.79. The summed E-state index contributed by atoms with van der Waals surface area (Å²) in [6, 6.07) is 0. The summed E-state index contributed by atoms with van der Waals surface area (Å²) in [5, 5.41) is 12.4. The zero-order valence-corrected chi connectivity index (χ0v) is 9.39. The molecule has 0 aliphatic carbocycles. The molecule has 4 nitrogen and oxygen atoms in total. The largest absolute Gasteiger partial charge is 0.480 e. The lowest BCUT2D eigenvalue weighted by Crippen LogP contribution is -2.48. The van der Waals surface area contributed by atoms with Crippen LogP contribution in [0, 0.1) is 0 Å². The first-order valence-electron chi connectivity index (χ1n) is 4.70. The van der Waals surface area contributed by atoms with Crippen LogP contribution >= 0.6 is 11.8 Å². The molecule has 0 amide bonds. The molecule has 5 heteroatoms. The first-order chi connectivity index (χ1) is 6.58. The van der Waals surface area contributed by atoms with Gasteiger partial charge in [0.05, 0.1) is 18.5 Å². The molecule has 0 aromatic heterocycles. The summed E-state index contributed by atoms with van der Waals surface area (Å²) in [6.45, 7) is 3.34. The summed E-state index contributed by atoms with van der Waals surface area (Å²) in [7, 11) is 1.69. The van der Waals surface area contributed by atoms with E-state index >= 15 is 0 Å². The van der Waals surface area contributed by atoms with Crippen LogP contribution in [0.2, 0.25) is 0 Å². The highest BCUT2D eigenvalue weighted by Gasteiger charge is 2.31. The van der Waals surface area contributed by atoms with E-state index in [0.29, 0.717) is 11.7 Å². The lowest BCUT2D eigenvalue weighted by molar-refractivity contribution is -0.144. The lowest BCUT2D eigenvalue weighted by atomic mass is 10.00. The van der Waals surface area contributed by atoms with E-state index in [1.54, 1.807) is 25.7 Å². The zero-order valence-electron chi connectivity index (χ0n) is 8.58. The van der Waals surface area contributed by atoms with Crippen molar-refractivity contribution < 1.29 is 14.6 Å². The van der Waals surface area contributed by atoms with Crippen LogP contribution in [0.15, 0.2) is 0 Å². The molecule has 2 N–H and O–H groups in total. The predicted molar refractivity (Wildman–Crippen MR) is 56.8 cm³/mol. The molecule has 1 saturated heterocycles. The van der Waals surface area contributed by atoms with E-state index in [2.05, 4.69) is 5.32 Å². The highest BCUT2D eigenvalue weighted by molar-refractivity contribution is 8.00. The number of carbonyl (C=O) groups is 1. The quantitative estimate of drug-likeness (QED) is 0.684. The van der Waals surface area contributed by atoms with Crippen molar-refractivity contribution in [3.63, 3.8) is 0 Å². The SMILES string of the molecule is CNC(C)(CCSC1COC1)C(=O)O. The van der Waals surface area contributed by atoms with E-state index in [1.807, 2.05) is 0 Å². The van der Waals surface area contributed by atoms with Gasteiger partial charge in [-0.2, -0.15) is 11.8 Å². The normalized spacial score (nSPS) is 21.3. The molecular weight excluding hydrogens is 202 g/mol. The molecule has 1 aliphatic heterocycles. The highest BCUT2D eigenvalue weighted by Crippen LogP contribution is 2.22. The third kappa shape index (κ3) is 2.87. The summed E-state index contributed by atoms with van der Waals surface area (Å²) in [5.74, 6) is 0.0722. The Bertz CT molecular complexity index is 208. The summed E-state index contributed by atoms with van der Waals surface area (Å²) in [4.78, 5) is 10.9. The fraction of sp³-hybridized carbons (Fsp3) is 0.889. The summed E-state index contributed by atoms with van der Waals surface area (Å²) in [6.07, 6.45) is 0.639. The Kier molecular flexibility index (Phi) is 4.22. The first kappa shape index (κ1) is 11.8. The van der Waals surface area contributed by atoms with Crippen LogP contribution in [-0.4, -0.2) is 47.9 Å². The van der Waals surface area contributed by atoms with Gasteiger partial charge in [0, 0.05) is 0 Å². The van der Waals surface area contributed by atoms with Crippen LogP contribution in [0.1, 0.15) is 13.3 Å². The second kappa shape index (κ2) is 5.00. The van der Waals surface area contributed by atoms with E-state index in [9.17, 15) is 4.79 Å². The van der Waals surface area contributed by atoms with E-state index in [0.717, 1.165) is 19.0 Å². The topological polar surface area (TPSA) is 58.6 Å². The molecule has 1 heterocycles. The maximum absolute atomic E-state index is 10.9. The highest BCUT2D eigenvalue weighted by atomic mass is 32.2. The van der Waals surface area contributed by atoms with Gasteiger partial charge in [0.25, 0.3) is 0 Å². The van der Waals surface area contributed by atoms with Crippen molar-refractivity contribution in [1.82, 2.24) is 5.32 Å². The number of ether oxygens (including phenoxy) is 1. The number of hydrogen-bond acceptors (Lipinski definition) is 4. The van der Waals surface area contributed by atoms with Gasteiger partial charge in [0.2, 0.25) is 0 Å². The van der Waals surface area contributed by atoms with Gasteiger partial charge in [-0.05, 0) is 26.1 Å². The Labute approximate surface area is 88.4 Å². The Balaban J connectivity index is 2.22. The minimum absolute atomic E-state index is 0.574. The average molecular weight is 219 g/mol. The molecule has 0 aromatic carbocycles. The van der Waals surface area contributed by atoms with Crippen molar-refractivity contribution in [2.75, 3.05) is 26.0 Å². The molecule has 0 spiro atoms. The molecule has 0 saturated carbocycles. The zero-order chi connectivity index (χ0) is 10.6. The number of carboxylic acids is 1. The number of likely N-dealkylation sites (N-methyl/N-ethyl adjacent to an activating group) is 1. The molecular formula is C9H17NO3S. The standard InChI is InChI=1S/C9H17NO3S/c1-9(10-2,8(11)12)3-4-14-7-5-13-6-7/h7,10H,3-6H2,1-2H3,(H,11,12). The van der Waals surface area contributed by atoms with Gasteiger partial charge in [-0.3, -0.25) is 4.79 Å². The van der Waals surface area contributed by atoms with Crippen molar-refractivity contribution in [2.24, 2.45) is 0 Å². The van der Waals surface area contributed by atoms with Crippen molar-refractivity contribution in [2.45, 2.75) is 24.1 Å². The minimum Gasteiger partial charge on any atom is -0.480 e. The van der Waals surface area contributed by atoms with Crippen LogP contribution < -0.4 is 5.32 Å². The lowest BCUT2D eigenvalue weighted by Gasteiger charge is -2.28. The smallest absolute Gasteiger partial charge is 0.323 e. The van der Waals surface area contributed by atoms with Crippen molar-refractivity contribution in [1.29, 1.82) is 0 Å². The molecule has 82 valence electrons. The predicted octanol–water partition coefficient (Wildman–Crippen LogP) is 0.571. The van der Waals surface area contributed by atoms with Gasteiger partial charge in [-0.25, -0.2) is 0 Å². The van der Waals surface area contributed by atoms with Crippen LogP contribution in [0.5, 0.6) is 0 Å². The van der Waals surface area contributed by atoms with E-state index in [4.69, 9.17) is 9.84 Å². The molecule has 1 aliphatic rings. The fourth-order valence-electron chi connectivity index (χ4n) is 1.08. The first-order valence-corrected chi connectivity index (χ1v) is 5.75. The number of aliphatic carboxylic acids is 1. The molecule has 0 aromatic rings. The van der Waals surface area contributed by atoms with Gasteiger partial charge in [0.1, 0.15) is 5.54 Å². The van der Waals surface area contributed by atoms with Crippen LogP contribution in [0.4, 0.5) is 0 Å². The number of carboxylic acid groups (broad SMARTS) is 1. The fourth-order valence-corrected chi connectivity index (χ4v) is 2.32. The second-order valence-electron chi connectivity index (χ2n) is 3.67. The van der Waals surface area contributed by atoms with Crippen LogP contribution in [-0.2, 0) is 9.53 Å². The third-order valence-electron chi connectivity index (χ3n) is 2.59.